The fraction of sp³-hybridized carbons (Fsp3) is 0.389. The second-order valence-electron chi connectivity index (χ2n) is 7.38. The number of hydrogen-bond acceptors (Lipinski definition) is 6. The van der Waals surface area contributed by atoms with Crippen molar-refractivity contribution in [1.82, 2.24) is 19.5 Å². The van der Waals surface area contributed by atoms with E-state index < -0.39 is 8.07 Å². The van der Waals surface area contributed by atoms with Crippen LogP contribution >= 0.6 is 0 Å². The number of fused-ring (bicyclic) bond motifs is 1. The Labute approximate surface area is 154 Å². The summed E-state index contributed by atoms with van der Waals surface area (Å²) in [5.74, 6) is 0.964. The molecular weight excluding hydrogens is 346 g/mol. The van der Waals surface area contributed by atoms with Crippen molar-refractivity contribution in [2.45, 2.75) is 32.4 Å². The minimum absolute atomic E-state index is 0.417. The van der Waals surface area contributed by atoms with Crippen LogP contribution in [0.5, 0.6) is 5.88 Å². The third kappa shape index (κ3) is 3.86. The fourth-order valence-corrected chi connectivity index (χ4v) is 3.51. The van der Waals surface area contributed by atoms with Crippen LogP contribution in [0, 0.1) is 0 Å². The Balaban J connectivity index is 1.97. The third-order valence-electron chi connectivity index (χ3n) is 4.16. The van der Waals surface area contributed by atoms with Gasteiger partial charge in [0.25, 0.3) is 0 Å². The lowest BCUT2D eigenvalue weighted by Crippen LogP contribution is -2.22. The molecule has 3 aromatic heterocycles. The van der Waals surface area contributed by atoms with Crippen LogP contribution in [-0.4, -0.2) is 41.3 Å². The van der Waals surface area contributed by atoms with Crippen molar-refractivity contribution in [3.63, 3.8) is 0 Å². The van der Waals surface area contributed by atoms with Crippen molar-refractivity contribution in [2.24, 2.45) is 0 Å². The second-order valence-corrected chi connectivity index (χ2v) is 13.0. The number of nitrogen functional groups attached to an aromatic ring is 1. The average molecular weight is 372 g/mol. The molecule has 138 valence electrons. The van der Waals surface area contributed by atoms with Crippen molar-refractivity contribution < 1.29 is 9.47 Å². The van der Waals surface area contributed by atoms with Gasteiger partial charge in [0.15, 0.2) is 0 Å². The van der Waals surface area contributed by atoms with Gasteiger partial charge in [0.1, 0.15) is 24.5 Å². The number of nitrogens with two attached hydrogens (primary N) is 1. The summed E-state index contributed by atoms with van der Waals surface area (Å²) >= 11 is 0. The standard InChI is InChI=1S/C18H25N5O2Si/c1-24-18-13(6-5-7-20-18)14-10-23(12-25-8-9-26(2,3)4)17-15(14)16(19)21-11-22-17/h5-7,10-11H,8-9,12H2,1-4H3,(H2,19,21,22). The SMILES string of the molecule is COc1ncccc1-c1cn(COCC[Si](C)(C)C)c2ncnc(N)c12. The van der Waals surface area contributed by atoms with Gasteiger partial charge in [0.05, 0.1) is 12.5 Å². The Hall–Kier alpha value is -2.45. The molecule has 7 nitrogen and oxygen atoms in total. The number of anilines is 1. The fourth-order valence-electron chi connectivity index (χ4n) is 2.75. The van der Waals surface area contributed by atoms with Crippen LogP contribution in [0.25, 0.3) is 22.2 Å². The van der Waals surface area contributed by atoms with E-state index in [1.807, 2.05) is 22.9 Å². The summed E-state index contributed by atoms with van der Waals surface area (Å²) in [6.07, 6.45) is 5.14. The van der Waals surface area contributed by atoms with E-state index in [2.05, 4.69) is 34.6 Å². The lowest BCUT2D eigenvalue weighted by molar-refractivity contribution is 0.0899. The number of methoxy groups -OCH3 is 1. The molecule has 3 rings (SSSR count). The smallest absolute Gasteiger partial charge is 0.221 e. The molecule has 0 saturated heterocycles. The van der Waals surface area contributed by atoms with E-state index in [1.165, 1.54) is 6.33 Å². The molecule has 0 aliphatic carbocycles. The topological polar surface area (TPSA) is 88.1 Å². The summed E-state index contributed by atoms with van der Waals surface area (Å²) in [6, 6.07) is 4.93. The molecule has 8 heteroatoms. The average Bonchev–Trinajstić information content (AvgIpc) is 2.98. The molecule has 26 heavy (non-hydrogen) atoms. The summed E-state index contributed by atoms with van der Waals surface area (Å²) in [5, 5.41) is 0.785. The van der Waals surface area contributed by atoms with Gasteiger partial charge in [-0.3, -0.25) is 0 Å². The lowest BCUT2D eigenvalue weighted by Gasteiger charge is -2.15. The Morgan fingerprint density at radius 3 is 2.69 bits per heavy atom. The first-order valence-electron chi connectivity index (χ1n) is 8.57. The maximum Gasteiger partial charge on any atom is 0.221 e. The zero-order valence-corrected chi connectivity index (χ0v) is 16.7. The quantitative estimate of drug-likeness (QED) is 0.506. The molecule has 0 amide bonds. The highest BCUT2D eigenvalue weighted by molar-refractivity contribution is 6.76. The van der Waals surface area contributed by atoms with Crippen LogP contribution in [0.2, 0.25) is 25.7 Å². The van der Waals surface area contributed by atoms with Crippen LogP contribution < -0.4 is 10.5 Å². The zero-order valence-electron chi connectivity index (χ0n) is 15.7. The molecule has 0 bridgehead atoms. The largest absolute Gasteiger partial charge is 0.481 e. The van der Waals surface area contributed by atoms with E-state index in [0.29, 0.717) is 18.4 Å². The van der Waals surface area contributed by atoms with Crippen molar-refractivity contribution in [3.8, 4) is 17.0 Å². The predicted molar refractivity (Wildman–Crippen MR) is 106 cm³/mol. The molecular formula is C18H25N5O2Si. The van der Waals surface area contributed by atoms with Gasteiger partial charge in [-0.1, -0.05) is 19.6 Å². The first-order chi connectivity index (χ1) is 12.4. The Morgan fingerprint density at radius 1 is 1.15 bits per heavy atom. The van der Waals surface area contributed by atoms with Crippen molar-refractivity contribution in [1.29, 1.82) is 0 Å². The number of pyridine rings is 1. The Kier molecular flexibility index (Phi) is 5.24. The molecule has 0 saturated carbocycles. The van der Waals surface area contributed by atoms with E-state index >= 15 is 0 Å². The summed E-state index contributed by atoms with van der Waals surface area (Å²) in [7, 11) is 0.479. The monoisotopic (exact) mass is 371 g/mol. The van der Waals surface area contributed by atoms with Gasteiger partial charge >= 0.3 is 0 Å². The van der Waals surface area contributed by atoms with Gasteiger partial charge in [-0.2, -0.15) is 0 Å². The van der Waals surface area contributed by atoms with Gasteiger partial charge < -0.3 is 19.8 Å². The molecule has 0 spiro atoms. The first-order valence-corrected chi connectivity index (χ1v) is 12.3. The van der Waals surface area contributed by atoms with E-state index in [9.17, 15) is 0 Å². The van der Waals surface area contributed by atoms with Gasteiger partial charge in [-0.15, -0.1) is 0 Å². The third-order valence-corrected chi connectivity index (χ3v) is 5.87. The number of hydrogen-bond donors (Lipinski definition) is 1. The molecule has 3 heterocycles. The highest BCUT2D eigenvalue weighted by Crippen LogP contribution is 2.36. The second kappa shape index (κ2) is 7.43. The lowest BCUT2D eigenvalue weighted by atomic mass is 10.1. The molecule has 0 fully saturated rings. The van der Waals surface area contributed by atoms with E-state index in [0.717, 1.165) is 34.8 Å². The van der Waals surface area contributed by atoms with Gasteiger partial charge in [0, 0.05) is 38.2 Å². The van der Waals surface area contributed by atoms with E-state index in [4.69, 9.17) is 15.2 Å². The minimum atomic E-state index is -1.12. The van der Waals surface area contributed by atoms with Crippen molar-refractivity contribution >= 4 is 24.9 Å². The van der Waals surface area contributed by atoms with Gasteiger partial charge in [-0.25, -0.2) is 15.0 Å². The van der Waals surface area contributed by atoms with Crippen LogP contribution in [0.1, 0.15) is 0 Å². The maximum absolute atomic E-state index is 6.15. The minimum Gasteiger partial charge on any atom is -0.481 e. The van der Waals surface area contributed by atoms with Crippen LogP contribution in [0.4, 0.5) is 5.82 Å². The number of ether oxygens (including phenoxy) is 2. The molecule has 0 aliphatic heterocycles. The Bertz CT molecular complexity index is 904. The summed E-state index contributed by atoms with van der Waals surface area (Å²) in [6.45, 7) is 8.16. The predicted octanol–water partition coefficient (Wildman–Crippen LogP) is 3.40. The van der Waals surface area contributed by atoms with Crippen LogP contribution in [0.3, 0.4) is 0 Å². The molecule has 0 aromatic carbocycles. The summed E-state index contributed by atoms with van der Waals surface area (Å²) in [4.78, 5) is 12.8. The van der Waals surface area contributed by atoms with Crippen molar-refractivity contribution in [2.75, 3.05) is 19.5 Å². The Morgan fingerprint density at radius 2 is 1.96 bits per heavy atom. The highest BCUT2D eigenvalue weighted by Gasteiger charge is 2.18. The number of rotatable bonds is 7. The molecule has 2 N–H and O–H groups in total. The molecule has 0 unspecified atom stereocenters. The van der Waals surface area contributed by atoms with E-state index in [-0.39, 0.29) is 0 Å². The van der Waals surface area contributed by atoms with Gasteiger partial charge in [-0.05, 0) is 18.2 Å². The summed E-state index contributed by atoms with van der Waals surface area (Å²) in [5.41, 5.74) is 8.63. The highest BCUT2D eigenvalue weighted by atomic mass is 28.3. The maximum atomic E-state index is 6.15. The molecule has 3 aromatic rings. The zero-order chi connectivity index (χ0) is 18.7. The molecule has 0 aliphatic rings. The van der Waals surface area contributed by atoms with Crippen LogP contribution in [0.15, 0.2) is 30.9 Å². The van der Waals surface area contributed by atoms with Crippen LogP contribution in [-0.2, 0) is 11.5 Å². The molecule has 0 radical (unpaired) electrons. The normalized spacial score (nSPS) is 11.8. The van der Waals surface area contributed by atoms with Crippen molar-refractivity contribution in [3.05, 3.63) is 30.9 Å². The number of aromatic nitrogens is 4. The van der Waals surface area contributed by atoms with Gasteiger partial charge in [0.2, 0.25) is 5.88 Å². The molecule has 0 atom stereocenters. The summed E-state index contributed by atoms with van der Waals surface area (Å²) < 4.78 is 13.3. The van der Waals surface area contributed by atoms with E-state index in [1.54, 1.807) is 13.3 Å². The number of nitrogens with zero attached hydrogens (tertiary/aromatic N) is 4. The first kappa shape index (κ1) is 18.3.